The number of carbonyl (C=O) groups excluding carboxylic acids is 2. The van der Waals surface area contributed by atoms with Crippen molar-refractivity contribution in [1.29, 1.82) is 0 Å². The van der Waals surface area contributed by atoms with Crippen LogP contribution in [0, 0.1) is 25.5 Å². The molecule has 1 saturated heterocycles. The highest BCUT2D eigenvalue weighted by Crippen LogP contribution is 2.36. The Morgan fingerprint density at radius 1 is 1.23 bits per heavy atom. The number of amides is 2. The van der Waals surface area contributed by atoms with Crippen molar-refractivity contribution in [3.05, 3.63) is 51.5 Å². The average Bonchev–Trinajstić information content (AvgIpc) is 3.31. The number of aryl methyl sites for hydroxylation is 2. The number of nitrogen functional groups attached to an aromatic ring is 1. The zero-order chi connectivity index (χ0) is 21.6. The molecule has 4 rings (SSSR count). The van der Waals surface area contributed by atoms with E-state index in [-0.39, 0.29) is 17.5 Å². The van der Waals surface area contributed by atoms with E-state index >= 15 is 0 Å². The molecule has 10 heteroatoms. The molecule has 2 aromatic heterocycles. The fourth-order valence-electron chi connectivity index (χ4n) is 3.51. The van der Waals surface area contributed by atoms with Crippen molar-refractivity contribution in [3.63, 3.8) is 0 Å². The lowest BCUT2D eigenvalue weighted by molar-refractivity contribution is 0.0788. The number of aromatic nitrogens is 2. The molecule has 0 spiro atoms. The number of nitrogens with two attached hydrogens (primary N) is 1. The van der Waals surface area contributed by atoms with Crippen molar-refractivity contribution >= 4 is 39.1 Å². The lowest BCUT2D eigenvalue weighted by atomic mass is 10.1. The van der Waals surface area contributed by atoms with E-state index in [1.54, 1.807) is 4.90 Å². The van der Waals surface area contributed by atoms with Crippen molar-refractivity contribution in [3.8, 4) is 0 Å². The molecule has 30 heavy (non-hydrogen) atoms. The number of fused-ring (bicyclic) bond motifs is 1. The molecule has 3 aromatic rings. The Hall–Kier alpha value is -3.14. The van der Waals surface area contributed by atoms with Crippen LogP contribution >= 0.6 is 11.3 Å². The lowest BCUT2D eigenvalue weighted by Crippen LogP contribution is -2.38. The van der Waals surface area contributed by atoms with E-state index in [0.717, 1.165) is 28.8 Å². The summed E-state index contributed by atoms with van der Waals surface area (Å²) in [6.45, 7) is 4.47. The molecule has 0 bridgehead atoms. The van der Waals surface area contributed by atoms with E-state index in [1.807, 2.05) is 13.8 Å². The Morgan fingerprint density at radius 2 is 2.00 bits per heavy atom. The van der Waals surface area contributed by atoms with Crippen LogP contribution < -0.4 is 11.1 Å². The molecule has 1 atom stereocenters. The molecule has 156 valence electrons. The number of halogens is 2. The molecule has 1 unspecified atom stereocenters. The van der Waals surface area contributed by atoms with Gasteiger partial charge in [-0.3, -0.25) is 9.59 Å². The highest BCUT2D eigenvalue weighted by atomic mass is 32.1. The second-order valence-electron chi connectivity index (χ2n) is 7.27. The maximum absolute atomic E-state index is 13.4. The van der Waals surface area contributed by atoms with Crippen LogP contribution in [0.2, 0.25) is 0 Å². The van der Waals surface area contributed by atoms with Gasteiger partial charge in [0.1, 0.15) is 9.71 Å². The minimum atomic E-state index is -1.08. The van der Waals surface area contributed by atoms with Crippen molar-refractivity contribution in [2.75, 3.05) is 18.8 Å². The molecule has 3 heterocycles. The van der Waals surface area contributed by atoms with Gasteiger partial charge in [-0.25, -0.2) is 8.78 Å². The van der Waals surface area contributed by atoms with E-state index < -0.39 is 17.5 Å². The molecular formula is C20H19F2N5O2S. The summed E-state index contributed by atoms with van der Waals surface area (Å²) in [5, 5.41) is 11.7. The van der Waals surface area contributed by atoms with Crippen LogP contribution in [0.15, 0.2) is 18.2 Å². The Kier molecular flexibility index (Phi) is 5.10. The number of hydrogen-bond acceptors (Lipinski definition) is 6. The zero-order valence-corrected chi connectivity index (χ0v) is 17.1. The van der Waals surface area contributed by atoms with Gasteiger partial charge in [0, 0.05) is 30.1 Å². The fraction of sp³-hybridized carbons (Fsp3) is 0.300. The van der Waals surface area contributed by atoms with Crippen molar-refractivity contribution < 1.29 is 18.4 Å². The lowest BCUT2D eigenvalue weighted by Gasteiger charge is -2.17. The van der Waals surface area contributed by atoms with Gasteiger partial charge < -0.3 is 16.0 Å². The van der Waals surface area contributed by atoms with E-state index in [2.05, 4.69) is 15.5 Å². The number of anilines is 1. The number of likely N-dealkylation sites (tertiary alicyclic amines) is 1. The first-order chi connectivity index (χ1) is 14.3. The molecule has 1 fully saturated rings. The fourth-order valence-corrected chi connectivity index (χ4v) is 4.58. The second-order valence-corrected chi connectivity index (χ2v) is 8.27. The topological polar surface area (TPSA) is 101 Å². The smallest absolute Gasteiger partial charge is 0.266 e. The maximum Gasteiger partial charge on any atom is 0.266 e. The Bertz CT molecular complexity index is 1180. The summed E-state index contributed by atoms with van der Waals surface area (Å²) in [5.74, 6) is -2.84. The summed E-state index contributed by atoms with van der Waals surface area (Å²) >= 11 is 1.20. The number of nitrogens with zero attached hydrogens (tertiary/aromatic N) is 3. The van der Waals surface area contributed by atoms with Crippen LogP contribution in [0.5, 0.6) is 0 Å². The van der Waals surface area contributed by atoms with Crippen LogP contribution in [0.1, 0.15) is 37.7 Å². The highest BCUT2D eigenvalue weighted by Gasteiger charge is 2.31. The molecular weight excluding hydrogens is 412 g/mol. The third kappa shape index (κ3) is 3.47. The monoisotopic (exact) mass is 431 g/mol. The average molecular weight is 431 g/mol. The molecule has 7 nitrogen and oxygen atoms in total. The van der Waals surface area contributed by atoms with E-state index in [0.29, 0.717) is 34.9 Å². The van der Waals surface area contributed by atoms with E-state index in [1.165, 1.54) is 17.4 Å². The number of rotatable bonds is 3. The van der Waals surface area contributed by atoms with Gasteiger partial charge in [-0.2, -0.15) is 5.10 Å². The first-order valence-electron chi connectivity index (χ1n) is 9.33. The van der Waals surface area contributed by atoms with E-state index in [4.69, 9.17) is 5.73 Å². The summed E-state index contributed by atoms with van der Waals surface area (Å²) in [4.78, 5) is 28.0. The van der Waals surface area contributed by atoms with Crippen LogP contribution in [0.25, 0.3) is 10.2 Å². The number of hydrogen-bond donors (Lipinski definition) is 2. The molecule has 0 radical (unpaired) electrons. The molecule has 0 saturated carbocycles. The second kappa shape index (κ2) is 7.60. The summed E-state index contributed by atoms with van der Waals surface area (Å²) in [5.41, 5.74) is 8.32. The largest absolute Gasteiger partial charge is 0.397 e. The molecule has 1 aromatic carbocycles. The quantitative estimate of drug-likeness (QED) is 0.664. The van der Waals surface area contributed by atoms with Gasteiger partial charge in [-0.15, -0.1) is 16.4 Å². The zero-order valence-electron chi connectivity index (χ0n) is 16.3. The highest BCUT2D eigenvalue weighted by molar-refractivity contribution is 7.21. The van der Waals surface area contributed by atoms with Crippen LogP contribution in [-0.2, 0) is 0 Å². The van der Waals surface area contributed by atoms with Gasteiger partial charge >= 0.3 is 0 Å². The van der Waals surface area contributed by atoms with Crippen LogP contribution in [-0.4, -0.2) is 46.0 Å². The van der Waals surface area contributed by atoms with Gasteiger partial charge in [0.15, 0.2) is 11.6 Å². The minimum Gasteiger partial charge on any atom is -0.397 e. The van der Waals surface area contributed by atoms with Crippen molar-refractivity contribution in [2.24, 2.45) is 0 Å². The van der Waals surface area contributed by atoms with Gasteiger partial charge in [-0.05, 0) is 44.0 Å². The third-order valence-electron chi connectivity index (χ3n) is 5.32. The number of carbonyl (C=O) groups is 2. The van der Waals surface area contributed by atoms with Gasteiger partial charge in [0.25, 0.3) is 11.8 Å². The number of thiophene rings is 1. The van der Waals surface area contributed by atoms with Gasteiger partial charge in [0.05, 0.1) is 11.4 Å². The summed E-state index contributed by atoms with van der Waals surface area (Å²) in [6.07, 6.45) is 0.546. The maximum atomic E-state index is 13.4. The molecule has 1 aliphatic rings. The first kappa shape index (κ1) is 20.1. The predicted octanol–water partition coefficient (Wildman–Crippen LogP) is 2.81. The predicted molar refractivity (Wildman–Crippen MR) is 109 cm³/mol. The third-order valence-corrected chi connectivity index (χ3v) is 6.40. The minimum absolute atomic E-state index is 0.0249. The standard InChI is InChI=1S/C20H19F2N5O2S/c1-9-10(2)25-26-19-15(9)16(23)17(30-19)20(29)27-6-5-12(8-27)24-18(28)11-3-4-13(21)14(22)7-11/h3-4,7,12H,5-6,8,23H2,1-2H3,(H,24,28). The SMILES string of the molecule is Cc1nnc2sc(C(=O)N3CCC(NC(=O)c4ccc(F)c(F)c4)C3)c(N)c2c1C. The Balaban J connectivity index is 1.48. The summed E-state index contributed by atoms with van der Waals surface area (Å²) in [6, 6.07) is 2.68. The summed E-state index contributed by atoms with van der Waals surface area (Å²) < 4.78 is 26.4. The normalized spacial score (nSPS) is 16.3. The van der Waals surface area contributed by atoms with Crippen LogP contribution in [0.3, 0.4) is 0 Å². The van der Waals surface area contributed by atoms with E-state index in [9.17, 15) is 18.4 Å². The molecule has 1 aliphatic heterocycles. The molecule has 2 amide bonds. The van der Waals surface area contributed by atoms with Gasteiger partial charge in [-0.1, -0.05) is 0 Å². The molecule has 0 aliphatic carbocycles. The summed E-state index contributed by atoms with van der Waals surface area (Å²) in [7, 11) is 0. The van der Waals surface area contributed by atoms with Gasteiger partial charge in [0.2, 0.25) is 0 Å². The number of nitrogens with one attached hydrogen (secondary N) is 1. The van der Waals surface area contributed by atoms with Crippen molar-refractivity contribution in [1.82, 2.24) is 20.4 Å². The molecule has 3 N–H and O–H groups in total. The number of benzene rings is 1. The Morgan fingerprint density at radius 3 is 2.73 bits per heavy atom. The Labute approximate surface area is 174 Å². The van der Waals surface area contributed by atoms with Crippen LogP contribution in [0.4, 0.5) is 14.5 Å². The van der Waals surface area contributed by atoms with Crippen molar-refractivity contribution in [2.45, 2.75) is 26.3 Å². The first-order valence-corrected chi connectivity index (χ1v) is 10.1.